The molecule has 3 nitrogen and oxygen atoms in total. The van der Waals surface area contributed by atoms with Gasteiger partial charge < -0.3 is 4.98 Å². The van der Waals surface area contributed by atoms with Gasteiger partial charge in [-0.2, -0.15) is 0 Å². The van der Waals surface area contributed by atoms with E-state index in [1.807, 2.05) is 30.5 Å². The summed E-state index contributed by atoms with van der Waals surface area (Å²) >= 11 is 1.72. The number of H-pyrrole nitrogens is 1. The van der Waals surface area contributed by atoms with Crippen molar-refractivity contribution in [3.63, 3.8) is 0 Å². The number of aryl methyl sites for hydroxylation is 1. The Kier molecular flexibility index (Phi) is 3.31. The maximum atomic E-state index is 4.62. The standard InChI is InChI=1S/C18H15N3S/c1-12-9-13-5-4-8-19-17(13)14(10-12)11-22-18-20-15-6-2-3-7-16(15)21-18/h2-10H,11H2,1H3,(H,20,21). The molecule has 0 spiro atoms. The van der Waals surface area contributed by atoms with Crippen LogP contribution in [0.25, 0.3) is 21.9 Å². The van der Waals surface area contributed by atoms with Gasteiger partial charge in [0.25, 0.3) is 0 Å². The molecule has 2 heterocycles. The predicted octanol–water partition coefficient (Wildman–Crippen LogP) is 4.71. The van der Waals surface area contributed by atoms with E-state index in [1.54, 1.807) is 11.8 Å². The van der Waals surface area contributed by atoms with Gasteiger partial charge in [0.15, 0.2) is 5.16 Å². The third kappa shape index (κ3) is 2.46. The molecule has 108 valence electrons. The number of rotatable bonds is 3. The van der Waals surface area contributed by atoms with Crippen LogP contribution >= 0.6 is 11.8 Å². The first-order valence-corrected chi connectivity index (χ1v) is 8.20. The monoisotopic (exact) mass is 305 g/mol. The van der Waals surface area contributed by atoms with E-state index in [0.29, 0.717) is 0 Å². The van der Waals surface area contributed by atoms with E-state index in [4.69, 9.17) is 0 Å². The number of nitrogens with one attached hydrogen (secondary N) is 1. The van der Waals surface area contributed by atoms with Crippen molar-refractivity contribution in [2.24, 2.45) is 0 Å². The zero-order valence-electron chi connectivity index (χ0n) is 12.2. The van der Waals surface area contributed by atoms with E-state index < -0.39 is 0 Å². The van der Waals surface area contributed by atoms with Gasteiger partial charge >= 0.3 is 0 Å². The van der Waals surface area contributed by atoms with Gasteiger partial charge in [0.1, 0.15) is 0 Å². The maximum Gasteiger partial charge on any atom is 0.166 e. The van der Waals surface area contributed by atoms with Crippen LogP contribution < -0.4 is 0 Å². The molecule has 0 aliphatic carbocycles. The molecule has 4 rings (SSSR count). The van der Waals surface area contributed by atoms with Crippen molar-refractivity contribution < 1.29 is 0 Å². The first-order valence-electron chi connectivity index (χ1n) is 7.21. The molecule has 0 atom stereocenters. The zero-order valence-corrected chi connectivity index (χ0v) is 13.0. The minimum absolute atomic E-state index is 0.856. The molecule has 0 unspecified atom stereocenters. The summed E-state index contributed by atoms with van der Waals surface area (Å²) in [6.45, 7) is 2.13. The van der Waals surface area contributed by atoms with E-state index in [0.717, 1.165) is 27.5 Å². The van der Waals surface area contributed by atoms with Crippen molar-refractivity contribution in [2.45, 2.75) is 17.8 Å². The molecule has 2 aromatic heterocycles. The number of nitrogens with zero attached hydrogens (tertiary/aromatic N) is 2. The summed E-state index contributed by atoms with van der Waals surface area (Å²) in [5.41, 5.74) is 5.69. The maximum absolute atomic E-state index is 4.62. The Morgan fingerprint density at radius 3 is 2.91 bits per heavy atom. The summed E-state index contributed by atoms with van der Waals surface area (Å²) in [5.74, 6) is 0.856. The van der Waals surface area contributed by atoms with Gasteiger partial charge in [-0.1, -0.05) is 41.6 Å². The van der Waals surface area contributed by atoms with Crippen molar-refractivity contribution in [1.82, 2.24) is 15.0 Å². The number of fused-ring (bicyclic) bond motifs is 2. The summed E-state index contributed by atoms with van der Waals surface area (Å²) in [5, 5.41) is 2.15. The molecule has 0 saturated carbocycles. The van der Waals surface area contributed by atoms with Gasteiger partial charge in [0, 0.05) is 17.3 Å². The van der Waals surface area contributed by atoms with Crippen molar-refractivity contribution in [3.05, 3.63) is 65.9 Å². The van der Waals surface area contributed by atoms with Crippen LogP contribution in [-0.2, 0) is 5.75 Å². The highest BCUT2D eigenvalue weighted by Crippen LogP contribution is 2.27. The SMILES string of the molecule is Cc1cc(CSc2nc3ccccc3[nH]2)c2ncccc2c1. The van der Waals surface area contributed by atoms with Gasteiger partial charge in [0.05, 0.1) is 16.6 Å². The zero-order chi connectivity index (χ0) is 14.9. The summed E-state index contributed by atoms with van der Waals surface area (Å²) in [6.07, 6.45) is 1.85. The second-order valence-corrected chi connectivity index (χ2v) is 6.31. The van der Waals surface area contributed by atoms with Crippen molar-refractivity contribution >= 4 is 33.7 Å². The number of hydrogen-bond donors (Lipinski definition) is 1. The highest BCUT2D eigenvalue weighted by Gasteiger charge is 2.07. The fourth-order valence-electron chi connectivity index (χ4n) is 2.69. The smallest absolute Gasteiger partial charge is 0.166 e. The van der Waals surface area contributed by atoms with Gasteiger partial charge in [-0.3, -0.25) is 4.98 Å². The van der Waals surface area contributed by atoms with E-state index in [2.05, 4.69) is 46.1 Å². The number of hydrogen-bond acceptors (Lipinski definition) is 3. The lowest BCUT2D eigenvalue weighted by Crippen LogP contribution is -1.89. The molecule has 0 aliphatic rings. The second-order valence-electron chi connectivity index (χ2n) is 5.35. The molecule has 0 bridgehead atoms. The third-order valence-corrected chi connectivity index (χ3v) is 4.58. The summed E-state index contributed by atoms with van der Waals surface area (Å²) in [4.78, 5) is 12.5. The fourth-order valence-corrected chi connectivity index (χ4v) is 3.54. The molecule has 0 fully saturated rings. The molecule has 0 saturated heterocycles. The summed E-state index contributed by atoms with van der Waals surface area (Å²) < 4.78 is 0. The number of thioether (sulfide) groups is 1. The minimum Gasteiger partial charge on any atom is -0.333 e. The van der Waals surface area contributed by atoms with Crippen LogP contribution in [-0.4, -0.2) is 15.0 Å². The normalized spacial score (nSPS) is 11.3. The van der Waals surface area contributed by atoms with Crippen molar-refractivity contribution in [2.75, 3.05) is 0 Å². The van der Waals surface area contributed by atoms with E-state index in [-0.39, 0.29) is 0 Å². The lowest BCUT2D eigenvalue weighted by molar-refractivity contribution is 1.08. The summed E-state index contributed by atoms with van der Waals surface area (Å²) in [6, 6.07) is 16.6. The van der Waals surface area contributed by atoms with Crippen LogP contribution in [0.3, 0.4) is 0 Å². The third-order valence-electron chi connectivity index (χ3n) is 3.66. The van der Waals surface area contributed by atoms with Crippen LogP contribution in [0.5, 0.6) is 0 Å². The van der Waals surface area contributed by atoms with Crippen LogP contribution in [0.4, 0.5) is 0 Å². The average Bonchev–Trinajstić information content (AvgIpc) is 2.95. The number of para-hydroxylation sites is 2. The van der Waals surface area contributed by atoms with E-state index >= 15 is 0 Å². The van der Waals surface area contributed by atoms with E-state index in [1.165, 1.54) is 16.5 Å². The molecular formula is C18H15N3S. The van der Waals surface area contributed by atoms with Gasteiger partial charge in [0.2, 0.25) is 0 Å². The number of benzene rings is 2. The largest absolute Gasteiger partial charge is 0.333 e. The van der Waals surface area contributed by atoms with Crippen LogP contribution in [0.2, 0.25) is 0 Å². The van der Waals surface area contributed by atoms with Crippen molar-refractivity contribution in [3.8, 4) is 0 Å². The molecule has 2 aromatic carbocycles. The molecule has 0 aliphatic heterocycles. The number of aromatic nitrogens is 3. The number of pyridine rings is 1. The highest BCUT2D eigenvalue weighted by molar-refractivity contribution is 7.98. The first-order chi connectivity index (χ1) is 10.8. The Labute approximate surface area is 132 Å². The topological polar surface area (TPSA) is 41.6 Å². The lowest BCUT2D eigenvalue weighted by atomic mass is 10.1. The molecule has 22 heavy (non-hydrogen) atoms. The Morgan fingerprint density at radius 2 is 2.00 bits per heavy atom. The van der Waals surface area contributed by atoms with Crippen LogP contribution in [0.15, 0.2) is 59.9 Å². The van der Waals surface area contributed by atoms with Crippen molar-refractivity contribution in [1.29, 1.82) is 0 Å². The first kappa shape index (κ1) is 13.3. The second kappa shape index (κ2) is 5.46. The molecule has 1 N–H and O–H groups in total. The highest BCUT2D eigenvalue weighted by atomic mass is 32.2. The molecule has 4 heteroatoms. The Hall–Kier alpha value is -2.33. The Morgan fingerprint density at radius 1 is 1.09 bits per heavy atom. The average molecular weight is 305 g/mol. The molecule has 0 amide bonds. The van der Waals surface area contributed by atoms with Gasteiger partial charge in [-0.15, -0.1) is 0 Å². The van der Waals surface area contributed by atoms with E-state index in [9.17, 15) is 0 Å². The predicted molar refractivity (Wildman–Crippen MR) is 92.1 cm³/mol. The number of imidazole rings is 1. The van der Waals surface area contributed by atoms with Gasteiger partial charge in [-0.05, 0) is 36.8 Å². The minimum atomic E-state index is 0.856. The lowest BCUT2D eigenvalue weighted by Gasteiger charge is -2.06. The van der Waals surface area contributed by atoms with Crippen LogP contribution in [0, 0.1) is 6.92 Å². The Balaban J connectivity index is 1.66. The molecular weight excluding hydrogens is 290 g/mol. The van der Waals surface area contributed by atoms with Gasteiger partial charge in [-0.25, -0.2) is 4.98 Å². The molecule has 0 radical (unpaired) electrons. The van der Waals surface area contributed by atoms with Crippen LogP contribution in [0.1, 0.15) is 11.1 Å². The summed E-state index contributed by atoms with van der Waals surface area (Å²) in [7, 11) is 0. The molecule has 4 aromatic rings. The Bertz CT molecular complexity index is 926. The quantitative estimate of drug-likeness (QED) is 0.557. The number of aromatic amines is 1. The fraction of sp³-hybridized carbons (Fsp3) is 0.111.